The largest absolute Gasteiger partial charge is 0.316 e. The molecule has 0 aliphatic carbocycles. The monoisotopic (exact) mass is 273 g/mol. The summed E-state index contributed by atoms with van der Waals surface area (Å²) in [6.07, 6.45) is 12.8. The lowest BCUT2D eigenvalue weighted by molar-refractivity contribution is 0.509. The van der Waals surface area contributed by atoms with Crippen molar-refractivity contribution in [1.29, 1.82) is 0 Å². The molecular formula is C16H35NS. The summed E-state index contributed by atoms with van der Waals surface area (Å²) in [5.74, 6) is 1.27. The SMILES string of the molecule is CCCCCCCCCCC(CSC(C)C)NC. The van der Waals surface area contributed by atoms with E-state index >= 15 is 0 Å². The van der Waals surface area contributed by atoms with Gasteiger partial charge in [-0.05, 0) is 18.7 Å². The zero-order chi connectivity index (χ0) is 13.6. The number of rotatable bonds is 13. The van der Waals surface area contributed by atoms with Crippen LogP contribution in [0.3, 0.4) is 0 Å². The van der Waals surface area contributed by atoms with E-state index in [1.54, 1.807) is 0 Å². The number of thioether (sulfide) groups is 1. The highest BCUT2D eigenvalue weighted by Crippen LogP contribution is 2.15. The first kappa shape index (κ1) is 18.3. The molecule has 110 valence electrons. The van der Waals surface area contributed by atoms with Gasteiger partial charge < -0.3 is 5.32 Å². The lowest BCUT2D eigenvalue weighted by Gasteiger charge is -2.16. The molecule has 0 bridgehead atoms. The summed E-state index contributed by atoms with van der Waals surface area (Å²) in [7, 11) is 2.11. The van der Waals surface area contributed by atoms with Crippen molar-refractivity contribution < 1.29 is 0 Å². The molecule has 0 fully saturated rings. The summed E-state index contributed by atoms with van der Waals surface area (Å²) in [5, 5.41) is 4.22. The van der Waals surface area contributed by atoms with Crippen molar-refractivity contribution in [3.63, 3.8) is 0 Å². The predicted octanol–water partition coefficient (Wildman–Crippen LogP) is 5.25. The van der Waals surface area contributed by atoms with Crippen molar-refractivity contribution in [2.45, 2.75) is 89.9 Å². The molecule has 1 N–H and O–H groups in total. The van der Waals surface area contributed by atoms with Crippen LogP contribution >= 0.6 is 11.8 Å². The van der Waals surface area contributed by atoms with Gasteiger partial charge in [-0.25, -0.2) is 0 Å². The van der Waals surface area contributed by atoms with Gasteiger partial charge in [-0.2, -0.15) is 11.8 Å². The van der Waals surface area contributed by atoms with Crippen LogP contribution in [0, 0.1) is 0 Å². The Morgan fingerprint density at radius 1 is 0.889 bits per heavy atom. The predicted molar refractivity (Wildman–Crippen MR) is 87.7 cm³/mol. The molecule has 18 heavy (non-hydrogen) atoms. The van der Waals surface area contributed by atoms with E-state index in [4.69, 9.17) is 0 Å². The maximum atomic E-state index is 3.46. The fourth-order valence-electron chi connectivity index (χ4n) is 2.14. The van der Waals surface area contributed by atoms with Crippen LogP contribution in [-0.4, -0.2) is 24.1 Å². The van der Waals surface area contributed by atoms with Gasteiger partial charge in [-0.1, -0.05) is 72.1 Å². The summed E-state index contributed by atoms with van der Waals surface area (Å²) in [5.41, 5.74) is 0. The molecule has 1 unspecified atom stereocenters. The fourth-order valence-corrected chi connectivity index (χ4v) is 3.09. The van der Waals surface area contributed by atoms with E-state index in [2.05, 4.69) is 44.9 Å². The average molecular weight is 274 g/mol. The van der Waals surface area contributed by atoms with E-state index in [0.29, 0.717) is 0 Å². The summed E-state index contributed by atoms with van der Waals surface area (Å²) in [4.78, 5) is 0. The Morgan fingerprint density at radius 3 is 1.94 bits per heavy atom. The van der Waals surface area contributed by atoms with Crippen LogP contribution in [0.15, 0.2) is 0 Å². The molecule has 1 atom stereocenters. The van der Waals surface area contributed by atoms with E-state index in [1.165, 1.54) is 63.5 Å². The Bertz CT molecular complexity index is 159. The van der Waals surface area contributed by atoms with Crippen LogP contribution in [0.5, 0.6) is 0 Å². The zero-order valence-corrected chi connectivity index (χ0v) is 14.0. The molecule has 0 saturated heterocycles. The molecule has 0 heterocycles. The van der Waals surface area contributed by atoms with Crippen molar-refractivity contribution in [1.82, 2.24) is 5.32 Å². The smallest absolute Gasteiger partial charge is 0.0155 e. The molecule has 0 aromatic rings. The lowest BCUT2D eigenvalue weighted by Crippen LogP contribution is -2.28. The third kappa shape index (κ3) is 12.8. The Labute approximate surface area is 120 Å². The second kappa shape index (κ2) is 13.7. The highest BCUT2D eigenvalue weighted by Gasteiger charge is 2.06. The molecule has 0 radical (unpaired) electrons. The number of hydrogen-bond acceptors (Lipinski definition) is 2. The van der Waals surface area contributed by atoms with Crippen LogP contribution in [0.2, 0.25) is 0 Å². The Kier molecular flexibility index (Phi) is 14.0. The van der Waals surface area contributed by atoms with Crippen molar-refractivity contribution in [2.24, 2.45) is 0 Å². The highest BCUT2D eigenvalue weighted by atomic mass is 32.2. The van der Waals surface area contributed by atoms with E-state index in [9.17, 15) is 0 Å². The first-order chi connectivity index (χ1) is 8.70. The second-order valence-electron chi connectivity index (χ2n) is 5.63. The summed E-state index contributed by atoms with van der Waals surface area (Å²) < 4.78 is 0. The lowest BCUT2D eigenvalue weighted by atomic mass is 10.1. The molecule has 1 nitrogen and oxygen atoms in total. The molecule has 0 aromatic heterocycles. The molecule has 0 saturated carbocycles. The quantitative estimate of drug-likeness (QED) is 0.460. The van der Waals surface area contributed by atoms with Crippen molar-refractivity contribution in [3.8, 4) is 0 Å². The minimum atomic E-state index is 0.720. The van der Waals surface area contributed by atoms with E-state index in [-0.39, 0.29) is 0 Å². The van der Waals surface area contributed by atoms with Gasteiger partial charge in [-0.3, -0.25) is 0 Å². The Balaban J connectivity index is 3.28. The number of unbranched alkanes of at least 4 members (excludes halogenated alkanes) is 7. The van der Waals surface area contributed by atoms with Gasteiger partial charge in [0.2, 0.25) is 0 Å². The first-order valence-electron chi connectivity index (χ1n) is 7.99. The van der Waals surface area contributed by atoms with E-state index in [0.717, 1.165) is 11.3 Å². The van der Waals surface area contributed by atoms with Gasteiger partial charge in [0, 0.05) is 11.8 Å². The van der Waals surface area contributed by atoms with Gasteiger partial charge in [-0.15, -0.1) is 0 Å². The van der Waals surface area contributed by atoms with Gasteiger partial charge in [0.25, 0.3) is 0 Å². The maximum Gasteiger partial charge on any atom is 0.0155 e. The average Bonchev–Trinajstić information content (AvgIpc) is 2.36. The third-order valence-corrected chi connectivity index (χ3v) is 4.71. The Hall–Kier alpha value is 0.310. The van der Waals surface area contributed by atoms with Crippen molar-refractivity contribution in [2.75, 3.05) is 12.8 Å². The first-order valence-corrected chi connectivity index (χ1v) is 9.04. The summed E-state index contributed by atoms with van der Waals surface area (Å²) in [6.45, 7) is 6.86. The van der Waals surface area contributed by atoms with Crippen LogP contribution in [0.25, 0.3) is 0 Å². The van der Waals surface area contributed by atoms with E-state index in [1.807, 2.05) is 0 Å². The third-order valence-electron chi connectivity index (χ3n) is 3.45. The van der Waals surface area contributed by atoms with Crippen LogP contribution < -0.4 is 5.32 Å². The Morgan fingerprint density at radius 2 is 1.44 bits per heavy atom. The fraction of sp³-hybridized carbons (Fsp3) is 1.00. The molecule has 0 rings (SSSR count). The van der Waals surface area contributed by atoms with Crippen molar-refractivity contribution in [3.05, 3.63) is 0 Å². The molecule has 2 heteroatoms. The molecular weight excluding hydrogens is 238 g/mol. The van der Waals surface area contributed by atoms with Gasteiger partial charge in [0.1, 0.15) is 0 Å². The summed E-state index contributed by atoms with van der Waals surface area (Å²) in [6, 6.07) is 0.720. The minimum Gasteiger partial charge on any atom is -0.316 e. The van der Waals surface area contributed by atoms with Gasteiger partial charge >= 0.3 is 0 Å². The summed E-state index contributed by atoms with van der Waals surface area (Å²) >= 11 is 2.08. The zero-order valence-electron chi connectivity index (χ0n) is 13.1. The topological polar surface area (TPSA) is 12.0 Å². The van der Waals surface area contributed by atoms with E-state index < -0.39 is 0 Å². The normalized spacial score (nSPS) is 13.2. The molecule has 0 amide bonds. The van der Waals surface area contributed by atoms with Crippen LogP contribution in [0.1, 0.15) is 78.6 Å². The standard InChI is InChI=1S/C16H35NS/c1-5-6-7-8-9-10-11-12-13-16(17-4)14-18-15(2)3/h15-17H,5-14H2,1-4H3. The number of nitrogens with one attached hydrogen (secondary N) is 1. The van der Waals surface area contributed by atoms with Crippen LogP contribution in [-0.2, 0) is 0 Å². The molecule has 0 aromatic carbocycles. The molecule has 0 aliphatic rings. The van der Waals surface area contributed by atoms with Crippen LogP contribution in [0.4, 0.5) is 0 Å². The maximum absolute atomic E-state index is 3.46. The number of hydrogen-bond donors (Lipinski definition) is 1. The van der Waals surface area contributed by atoms with Gasteiger partial charge in [0.05, 0.1) is 0 Å². The molecule has 0 spiro atoms. The second-order valence-corrected chi connectivity index (χ2v) is 7.24. The molecule has 0 aliphatic heterocycles. The highest BCUT2D eigenvalue weighted by molar-refractivity contribution is 7.99. The van der Waals surface area contributed by atoms with Crippen molar-refractivity contribution >= 4 is 11.8 Å². The minimum absolute atomic E-state index is 0.720. The van der Waals surface area contributed by atoms with Gasteiger partial charge in [0.15, 0.2) is 0 Å².